The van der Waals surface area contributed by atoms with E-state index >= 15 is 0 Å². The Bertz CT molecular complexity index is 376. The topological polar surface area (TPSA) is 30.3 Å². The van der Waals surface area contributed by atoms with E-state index in [4.69, 9.17) is 0 Å². The van der Waals surface area contributed by atoms with Crippen molar-refractivity contribution < 1.29 is 0 Å². The maximum absolute atomic E-state index is 9.83. The van der Waals surface area contributed by atoms with E-state index in [-0.39, 0.29) is 5.54 Å². The minimum atomic E-state index is -0.138. The van der Waals surface area contributed by atoms with E-state index in [2.05, 4.69) is 16.1 Å². The minimum absolute atomic E-state index is 0.138. The highest BCUT2D eigenvalue weighted by Crippen LogP contribution is 2.49. The molecule has 2 aliphatic carbocycles. The largest absolute Gasteiger partial charge is 0.234 e. The molecule has 2 atom stereocenters. The molecule has 3 heteroatoms. The quantitative estimate of drug-likeness (QED) is 0.657. The van der Waals surface area contributed by atoms with Gasteiger partial charge in [-0.2, -0.15) is 5.26 Å². The maximum Gasteiger partial charge on any atom is 0.122 e. The van der Waals surface area contributed by atoms with Crippen molar-refractivity contribution in [3.05, 3.63) is 0 Å². The van der Waals surface area contributed by atoms with E-state index in [1.54, 1.807) is 0 Å². The van der Waals surface area contributed by atoms with Crippen molar-refractivity contribution in [2.45, 2.75) is 87.9 Å². The number of nitriles is 1. The summed E-state index contributed by atoms with van der Waals surface area (Å²) in [6, 6.07) is 4.92. The van der Waals surface area contributed by atoms with Crippen LogP contribution in [0, 0.1) is 11.3 Å². The molecule has 0 spiro atoms. The first kappa shape index (κ1) is 11.3. The van der Waals surface area contributed by atoms with Crippen molar-refractivity contribution in [3.8, 4) is 6.07 Å². The van der Waals surface area contributed by atoms with Crippen molar-refractivity contribution in [2.75, 3.05) is 0 Å². The molecule has 18 heavy (non-hydrogen) atoms. The van der Waals surface area contributed by atoms with Crippen LogP contribution >= 0.6 is 0 Å². The molecule has 98 valence electrons. The van der Waals surface area contributed by atoms with E-state index in [0.717, 1.165) is 24.9 Å². The van der Waals surface area contributed by atoms with Crippen LogP contribution in [-0.2, 0) is 0 Å². The molecule has 3 aliphatic heterocycles. The fraction of sp³-hybridized carbons (Fsp3) is 0.933. The molecule has 2 saturated carbocycles. The Hall–Kier alpha value is -0.590. The summed E-state index contributed by atoms with van der Waals surface area (Å²) in [4.78, 5) is 0. The Kier molecular flexibility index (Phi) is 2.47. The second-order valence-corrected chi connectivity index (χ2v) is 6.77. The third-order valence-electron chi connectivity index (χ3n) is 5.92. The molecule has 0 aromatic rings. The van der Waals surface area contributed by atoms with E-state index in [1.165, 1.54) is 51.4 Å². The fourth-order valence-corrected chi connectivity index (χ4v) is 5.11. The van der Waals surface area contributed by atoms with Crippen molar-refractivity contribution in [2.24, 2.45) is 0 Å². The van der Waals surface area contributed by atoms with Crippen molar-refractivity contribution in [1.82, 2.24) is 10.0 Å². The summed E-state index contributed by atoms with van der Waals surface area (Å²) in [6.45, 7) is 0. The molecule has 0 radical (unpaired) electrons. The summed E-state index contributed by atoms with van der Waals surface area (Å²) < 4.78 is 0. The smallest absolute Gasteiger partial charge is 0.122 e. The Balaban J connectivity index is 1.78. The maximum atomic E-state index is 9.83. The lowest BCUT2D eigenvalue weighted by molar-refractivity contribution is -0.251. The standard InChI is InChI=1S/C15H23N3/c16-11-15-9-2-1-3-12(8-10-15)17-13-4-6-14(7-5-13)18(15)17/h12-14H,1-10H2/t12-,13?,14?,15+/m1/s1. The van der Waals surface area contributed by atoms with Crippen molar-refractivity contribution in [1.29, 1.82) is 5.26 Å². The molecule has 4 bridgehead atoms. The van der Waals surface area contributed by atoms with Crippen LogP contribution in [0.4, 0.5) is 0 Å². The van der Waals surface area contributed by atoms with Crippen LogP contribution in [0.2, 0.25) is 0 Å². The summed E-state index contributed by atoms with van der Waals surface area (Å²) in [7, 11) is 0. The van der Waals surface area contributed by atoms with Crippen LogP contribution in [0.15, 0.2) is 0 Å². The van der Waals surface area contributed by atoms with Gasteiger partial charge in [0.1, 0.15) is 5.54 Å². The Morgan fingerprint density at radius 2 is 1.56 bits per heavy atom. The van der Waals surface area contributed by atoms with Gasteiger partial charge in [-0.05, 0) is 51.4 Å². The van der Waals surface area contributed by atoms with Crippen LogP contribution < -0.4 is 0 Å². The summed E-state index contributed by atoms with van der Waals surface area (Å²) in [5, 5.41) is 15.1. The molecule has 0 aromatic heterocycles. The first-order valence-corrected chi connectivity index (χ1v) is 7.83. The van der Waals surface area contributed by atoms with Gasteiger partial charge >= 0.3 is 0 Å². The first-order chi connectivity index (χ1) is 8.84. The minimum Gasteiger partial charge on any atom is -0.234 e. The van der Waals surface area contributed by atoms with Crippen molar-refractivity contribution >= 4 is 0 Å². The summed E-state index contributed by atoms with van der Waals surface area (Å²) in [5.41, 5.74) is -0.138. The van der Waals surface area contributed by atoms with Crippen LogP contribution in [0.5, 0.6) is 0 Å². The van der Waals surface area contributed by atoms with Crippen LogP contribution in [0.1, 0.15) is 64.2 Å². The SMILES string of the molecule is N#C[C@]12CCCC[C@H](CC1)N1C3CCC(CC3)N12. The normalized spacial score (nSPS) is 48.3. The van der Waals surface area contributed by atoms with Gasteiger partial charge < -0.3 is 0 Å². The molecule has 0 unspecified atom stereocenters. The zero-order valence-electron chi connectivity index (χ0n) is 11.1. The van der Waals surface area contributed by atoms with Crippen LogP contribution in [0.3, 0.4) is 0 Å². The average Bonchev–Trinajstić information content (AvgIpc) is 2.40. The molecule has 0 amide bonds. The average molecular weight is 245 g/mol. The van der Waals surface area contributed by atoms with Gasteiger partial charge in [0.05, 0.1) is 6.07 Å². The van der Waals surface area contributed by atoms with Crippen molar-refractivity contribution in [3.63, 3.8) is 0 Å². The molecule has 5 rings (SSSR count). The van der Waals surface area contributed by atoms with E-state index < -0.39 is 0 Å². The fourth-order valence-electron chi connectivity index (χ4n) is 5.11. The number of nitrogens with zero attached hydrogens (tertiary/aromatic N) is 3. The third kappa shape index (κ3) is 1.37. The van der Waals surface area contributed by atoms with Gasteiger partial charge in [0.25, 0.3) is 0 Å². The van der Waals surface area contributed by atoms with Gasteiger partial charge in [0.2, 0.25) is 0 Å². The highest BCUT2D eigenvalue weighted by atomic mass is 15.7. The summed E-state index contributed by atoms with van der Waals surface area (Å²) in [6.07, 6.45) is 12.8. The Morgan fingerprint density at radius 3 is 2.33 bits per heavy atom. The second-order valence-electron chi connectivity index (χ2n) is 6.77. The predicted molar refractivity (Wildman–Crippen MR) is 69.6 cm³/mol. The van der Waals surface area contributed by atoms with E-state index in [9.17, 15) is 5.26 Å². The zero-order chi connectivity index (χ0) is 12.2. The molecule has 3 nitrogen and oxygen atoms in total. The third-order valence-corrected chi connectivity index (χ3v) is 5.92. The van der Waals surface area contributed by atoms with Gasteiger partial charge in [-0.25, -0.2) is 10.0 Å². The molecule has 3 heterocycles. The highest BCUT2D eigenvalue weighted by molar-refractivity contribution is 5.15. The Morgan fingerprint density at radius 1 is 0.833 bits per heavy atom. The monoisotopic (exact) mass is 245 g/mol. The lowest BCUT2D eigenvalue weighted by atomic mass is 9.74. The molecule has 5 aliphatic rings. The van der Waals surface area contributed by atoms with Gasteiger partial charge in [-0.3, -0.25) is 0 Å². The van der Waals surface area contributed by atoms with Gasteiger partial charge in [0, 0.05) is 18.1 Å². The van der Waals surface area contributed by atoms with Gasteiger partial charge in [-0.15, -0.1) is 0 Å². The molecular formula is C15H23N3. The molecular weight excluding hydrogens is 222 g/mol. The van der Waals surface area contributed by atoms with Crippen LogP contribution in [-0.4, -0.2) is 33.7 Å². The molecule has 0 aromatic carbocycles. The lowest BCUT2D eigenvalue weighted by Gasteiger charge is -2.64. The summed E-state index contributed by atoms with van der Waals surface area (Å²) >= 11 is 0. The number of hydrogen-bond acceptors (Lipinski definition) is 3. The van der Waals surface area contributed by atoms with Gasteiger partial charge in [0.15, 0.2) is 0 Å². The molecule has 3 saturated heterocycles. The number of rotatable bonds is 0. The summed E-state index contributed by atoms with van der Waals surface area (Å²) in [5.74, 6) is 0. The predicted octanol–water partition coefficient (Wildman–Crippen LogP) is 2.83. The molecule has 0 N–H and O–H groups in total. The molecule has 5 fully saturated rings. The number of hydrazine groups is 1. The van der Waals surface area contributed by atoms with Gasteiger partial charge in [-0.1, -0.05) is 12.8 Å². The first-order valence-electron chi connectivity index (χ1n) is 7.83. The van der Waals surface area contributed by atoms with E-state index in [1.807, 2.05) is 0 Å². The van der Waals surface area contributed by atoms with Crippen LogP contribution in [0.25, 0.3) is 0 Å². The number of fused-ring (bicyclic) bond motifs is 5. The Labute approximate surface area is 110 Å². The lowest BCUT2D eigenvalue weighted by Crippen LogP contribution is -2.74. The highest BCUT2D eigenvalue weighted by Gasteiger charge is 2.55. The van der Waals surface area contributed by atoms with E-state index in [0.29, 0.717) is 6.04 Å². The second kappa shape index (κ2) is 3.95. The zero-order valence-corrected chi connectivity index (χ0v) is 11.1. The number of hydrogen-bond donors (Lipinski definition) is 0.